The fourth-order valence-electron chi connectivity index (χ4n) is 3.43. The van der Waals surface area contributed by atoms with E-state index in [0.29, 0.717) is 17.8 Å². The number of imidazole rings is 1. The third-order valence-electron chi connectivity index (χ3n) is 5.01. The van der Waals surface area contributed by atoms with Gasteiger partial charge in [0, 0.05) is 5.56 Å². The van der Waals surface area contributed by atoms with Crippen molar-refractivity contribution in [2.24, 2.45) is 0 Å². The van der Waals surface area contributed by atoms with E-state index in [0.717, 1.165) is 11.3 Å². The largest absolute Gasteiger partial charge is 0.494 e. The van der Waals surface area contributed by atoms with Crippen molar-refractivity contribution in [3.63, 3.8) is 0 Å². The van der Waals surface area contributed by atoms with E-state index in [9.17, 15) is 8.78 Å². The minimum atomic E-state index is -0.513. The zero-order chi connectivity index (χ0) is 20.7. The Labute approximate surface area is 169 Å². The maximum Gasteiger partial charge on any atom is 0.278 e. The van der Waals surface area contributed by atoms with E-state index < -0.39 is 5.82 Å². The second-order valence-electron chi connectivity index (χ2n) is 6.82. The van der Waals surface area contributed by atoms with Gasteiger partial charge in [0.1, 0.15) is 11.9 Å². The lowest BCUT2D eigenvalue weighted by Gasteiger charge is -2.25. The van der Waals surface area contributed by atoms with Gasteiger partial charge >= 0.3 is 0 Å². The van der Waals surface area contributed by atoms with E-state index in [2.05, 4.69) is 15.1 Å². The van der Waals surface area contributed by atoms with E-state index >= 15 is 0 Å². The van der Waals surface area contributed by atoms with Crippen LogP contribution in [0, 0.1) is 11.6 Å². The molecule has 0 radical (unpaired) electrons. The summed E-state index contributed by atoms with van der Waals surface area (Å²) in [7, 11) is 1.40. The van der Waals surface area contributed by atoms with Gasteiger partial charge in [0.15, 0.2) is 17.3 Å². The maximum atomic E-state index is 14.0. The summed E-state index contributed by atoms with van der Waals surface area (Å²) >= 11 is 0. The Bertz CT molecular complexity index is 1200. The molecule has 5 rings (SSSR count). The highest BCUT2D eigenvalue weighted by Gasteiger charge is 2.26. The van der Waals surface area contributed by atoms with Crippen molar-refractivity contribution in [1.82, 2.24) is 19.7 Å². The van der Waals surface area contributed by atoms with Crippen LogP contribution in [0.2, 0.25) is 0 Å². The summed E-state index contributed by atoms with van der Waals surface area (Å²) in [6.45, 7) is 0.810. The molecule has 3 heterocycles. The predicted octanol–water partition coefficient (Wildman–Crippen LogP) is 4.16. The van der Waals surface area contributed by atoms with Gasteiger partial charge in [0.05, 0.1) is 32.3 Å². The van der Waals surface area contributed by atoms with Gasteiger partial charge in [-0.05, 0) is 35.9 Å². The van der Waals surface area contributed by atoms with Crippen LogP contribution in [0.15, 0.2) is 53.3 Å². The monoisotopic (exact) mass is 410 g/mol. The number of ether oxygens (including phenoxy) is 2. The van der Waals surface area contributed by atoms with Crippen molar-refractivity contribution in [3.05, 3.63) is 71.7 Å². The van der Waals surface area contributed by atoms with Crippen LogP contribution >= 0.6 is 0 Å². The van der Waals surface area contributed by atoms with Gasteiger partial charge in [-0.3, -0.25) is 0 Å². The first-order valence-electron chi connectivity index (χ1n) is 9.21. The van der Waals surface area contributed by atoms with Gasteiger partial charge in [0.25, 0.3) is 5.89 Å². The van der Waals surface area contributed by atoms with Gasteiger partial charge in [-0.25, -0.2) is 13.8 Å². The standard InChI is InChI=1S/C21H16F2N4O3/c1-28-17-7-4-13(8-15(17)23)20-25-21(30-26-20)19-16-10-29-18(9-27(16)11-24-19)12-2-5-14(22)6-3-12/h2-8,11,18H,9-10H2,1H3. The maximum absolute atomic E-state index is 14.0. The lowest BCUT2D eigenvalue weighted by atomic mass is 10.1. The molecule has 1 unspecified atom stereocenters. The van der Waals surface area contributed by atoms with Crippen molar-refractivity contribution in [1.29, 1.82) is 0 Å². The summed E-state index contributed by atoms with van der Waals surface area (Å²) in [6.07, 6.45) is 1.47. The molecule has 0 aliphatic carbocycles. The zero-order valence-electron chi connectivity index (χ0n) is 15.9. The molecule has 2 aromatic carbocycles. The third kappa shape index (κ3) is 3.22. The van der Waals surface area contributed by atoms with Gasteiger partial charge in [-0.15, -0.1) is 0 Å². The molecule has 0 N–H and O–H groups in total. The summed E-state index contributed by atoms with van der Waals surface area (Å²) in [5, 5.41) is 3.94. The third-order valence-corrected chi connectivity index (χ3v) is 5.01. The van der Waals surface area contributed by atoms with Gasteiger partial charge in [-0.2, -0.15) is 4.98 Å². The molecule has 30 heavy (non-hydrogen) atoms. The van der Waals surface area contributed by atoms with Gasteiger partial charge in [0.2, 0.25) is 5.82 Å². The van der Waals surface area contributed by atoms with E-state index in [1.54, 1.807) is 24.5 Å². The summed E-state index contributed by atoms with van der Waals surface area (Å²) in [5.74, 6) is -0.198. The lowest BCUT2D eigenvalue weighted by Crippen LogP contribution is -2.20. The Morgan fingerprint density at radius 1 is 1.13 bits per heavy atom. The molecule has 0 fully saturated rings. The number of aromatic nitrogens is 4. The van der Waals surface area contributed by atoms with E-state index in [-0.39, 0.29) is 36.0 Å². The first-order chi connectivity index (χ1) is 14.6. The van der Waals surface area contributed by atoms with Crippen LogP contribution in [-0.2, 0) is 17.9 Å². The molecule has 0 bridgehead atoms. The van der Waals surface area contributed by atoms with E-state index in [1.165, 1.54) is 31.4 Å². The highest BCUT2D eigenvalue weighted by molar-refractivity contribution is 5.60. The normalized spacial score (nSPS) is 15.8. The molecule has 1 aliphatic heterocycles. The molecule has 0 amide bonds. The van der Waals surface area contributed by atoms with Crippen LogP contribution in [0.5, 0.6) is 5.75 Å². The van der Waals surface area contributed by atoms with Crippen molar-refractivity contribution >= 4 is 0 Å². The van der Waals surface area contributed by atoms with Crippen molar-refractivity contribution in [2.75, 3.05) is 7.11 Å². The smallest absolute Gasteiger partial charge is 0.278 e. The molecule has 152 valence electrons. The average Bonchev–Trinajstić information content (AvgIpc) is 3.41. The number of hydrogen-bond acceptors (Lipinski definition) is 6. The molecule has 0 spiro atoms. The van der Waals surface area contributed by atoms with E-state index in [1.807, 2.05) is 4.57 Å². The first-order valence-corrected chi connectivity index (χ1v) is 9.21. The number of halogens is 2. The first kappa shape index (κ1) is 18.4. The second kappa shape index (κ2) is 7.34. The van der Waals surface area contributed by atoms with Crippen LogP contribution in [0.4, 0.5) is 8.78 Å². The number of fused-ring (bicyclic) bond motifs is 1. The topological polar surface area (TPSA) is 75.2 Å². The zero-order valence-corrected chi connectivity index (χ0v) is 15.9. The van der Waals surface area contributed by atoms with E-state index in [4.69, 9.17) is 14.0 Å². The Kier molecular flexibility index (Phi) is 4.51. The molecule has 0 saturated carbocycles. The van der Waals surface area contributed by atoms with Crippen molar-refractivity contribution < 1.29 is 22.8 Å². The Morgan fingerprint density at radius 3 is 2.73 bits per heavy atom. The second-order valence-corrected chi connectivity index (χ2v) is 6.82. The SMILES string of the molecule is COc1ccc(-c2noc(-c3ncn4c3COC(c3ccc(F)cc3)C4)n2)cc1F. The quantitative estimate of drug-likeness (QED) is 0.503. The fourth-order valence-corrected chi connectivity index (χ4v) is 3.43. The van der Waals surface area contributed by atoms with Crippen molar-refractivity contribution in [2.45, 2.75) is 19.3 Å². The minimum absolute atomic E-state index is 0.137. The summed E-state index contributed by atoms with van der Waals surface area (Å²) in [6, 6.07) is 10.7. The number of nitrogens with zero attached hydrogens (tertiary/aromatic N) is 4. The molecule has 4 aromatic rings. The molecule has 0 saturated heterocycles. The number of rotatable bonds is 4. The number of hydrogen-bond donors (Lipinski definition) is 0. The molecule has 2 aromatic heterocycles. The van der Waals surface area contributed by atoms with Crippen LogP contribution in [-0.4, -0.2) is 26.8 Å². The summed E-state index contributed by atoms with van der Waals surface area (Å²) in [4.78, 5) is 8.75. The predicted molar refractivity (Wildman–Crippen MR) is 101 cm³/mol. The molecular weight excluding hydrogens is 394 g/mol. The molecule has 1 aliphatic rings. The summed E-state index contributed by atoms with van der Waals surface area (Å²) in [5.41, 5.74) is 2.66. The molecule has 7 nitrogen and oxygen atoms in total. The van der Waals surface area contributed by atoms with Gasteiger partial charge < -0.3 is 18.6 Å². The van der Waals surface area contributed by atoms with Crippen LogP contribution in [0.1, 0.15) is 17.4 Å². The average molecular weight is 410 g/mol. The molecule has 1 atom stereocenters. The highest BCUT2D eigenvalue weighted by atomic mass is 19.1. The van der Waals surface area contributed by atoms with Crippen molar-refractivity contribution in [3.8, 4) is 28.7 Å². The molecule has 9 heteroatoms. The van der Waals surface area contributed by atoms with Gasteiger partial charge in [-0.1, -0.05) is 17.3 Å². The van der Waals surface area contributed by atoms with Crippen LogP contribution < -0.4 is 4.74 Å². The Balaban J connectivity index is 1.40. The molecular formula is C21H16F2N4O3. The highest BCUT2D eigenvalue weighted by Crippen LogP contribution is 2.32. The fraction of sp³-hybridized carbons (Fsp3) is 0.190. The van der Waals surface area contributed by atoms with Crippen LogP contribution in [0.25, 0.3) is 23.0 Å². The summed E-state index contributed by atoms with van der Waals surface area (Å²) < 4.78 is 45.3. The Morgan fingerprint density at radius 2 is 1.97 bits per heavy atom. The number of benzene rings is 2. The lowest BCUT2D eigenvalue weighted by molar-refractivity contribution is 0.00326. The number of methoxy groups -OCH3 is 1. The Hall–Kier alpha value is -3.59. The van der Waals surface area contributed by atoms with Crippen LogP contribution in [0.3, 0.4) is 0 Å². The minimum Gasteiger partial charge on any atom is -0.494 e.